The number of hydrogen-bond acceptors (Lipinski definition) is 4. The first-order valence-electron chi connectivity index (χ1n) is 5.97. The molecular weight excluding hydrogens is 258 g/mol. The van der Waals surface area contributed by atoms with E-state index in [1.54, 1.807) is 36.4 Å². The Hall–Kier alpha value is -2.69. The van der Waals surface area contributed by atoms with Crippen molar-refractivity contribution >= 4 is 11.6 Å². The molecule has 5 nitrogen and oxygen atoms in total. The van der Waals surface area contributed by atoms with Crippen molar-refractivity contribution in [3.63, 3.8) is 0 Å². The van der Waals surface area contributed by atoms with Crippen LogP contribution in [0, 0.1) is 0 Å². The molecule has 0 bridgehead atoms. The number of benzene rings is 2. The molecule has 0 unspecified atom stereocenters. The molecule has 2 rings (SSSR count). The standard InChI is InChI=1S/C15H15NO4/c1-19-12-8-4-3-6-10(12)16-15(18)14-11(17)7-5-9-13(14)20-2/h3-9,17H,1-2H3,(H,16,18). The second kappa shape index (κ2) is 5.97. The van der Waals surface area contributed by atoms with Gasteiger partial charge >= 0.3 is 0 Å². The third-order valence-corrected chi connectivity index (χ3v) is 2.81. The summed E-state index contributed by atoms with van der Waals surface area (Å²) in [4.78, 5) is 12.3. The average molecular weight is 273 g/mol. The molecule has 0 aliphatic heterocycles. The molecule has 0 atom stereocenters. The van der Waals surface area contributed by atoms with Gasteiger partial charge in [0, 0.05) is 0 Å². The molecule has 0 aliphatic rings. The fourth-order valence-corrected chi connectivity index (χ4v) is 1.85. The number of ether oxygens (including phenoxy) is 2. The number of carbonyl (C=O) groups is 1. The minimum Gasteiger partial charge on any atom is -0.507 e. The summed E-state index contributed by atoms with van der Waals surface area (Å²) in [5.41, 5.74) is 0.603. The molecule has 0 fully saturated rings. The molecule has 20 heavy (non-hydrogen) atoms. The molecule has 1 amide bonds. The lowest BCUT2D eigenvalue weighted by Gasteiger charge is -2.12. The number of phenols is 1. The molecule has 2 aromatic rings. The largest absolute Gasteiger partial charge is 0.507 e. The maximum Gasteiger partial charge on any atom is 0.263 e. The van der Waals surface area contributed by atoms with Gasteiger partial charge in [0.1, 0.15) is 22.8 Å². The Kier molecular flexibility index (Phi) is 4.10. The number of rotatable bonds is 4. The molecular formula is C15H15NO4. The van der Waals surface area contributed by atoms with Gasteiger partial charge < -0.3 is 19.9 Å². The topological polar surface area (TPSA) is 67.8 Å². The molecule has 0 spiro atoms. The highest BCUT2D eigenvalue weighted by Gasteiger charge is 2.18. The fourth-order valence-electron chi connectivity index (χ4n) is 1.85. The van der Waals surface area contributed by atoms with Crippen molar-refractivity contribution in [3.8, 4) is 17.2 Å². The molecule has 0 aromatic heterocycles. The van der Waals surface area contributed by atoms with E-state index in [0.717, 1.165) is 0 Å². The van der Waals surface area contributed by atoms with Gasteiger partial charge in [-0.05, 0) is 24.3 Å². The summed E-state index contributed by atoms with van der Waals surface area (Å²) in [6.07, 6.45) is 0. The monoisotopic (exact) mass is 273 g/mol. The zero-order chi connectivity index (χ0) is 14.5. The Bertz CT molecular complexity index is 625. The van der Waals surface area contributed by atoms with Crippen molar-refractivity contribution in [2.75, 3.05) is 19.5 Å². The van der Waals surface area contributed by atoms with Gasteiger partial charge in [-0.25, -0.2) is 0 Å². The summed E-state index contributed by atoms with van der Waals surface area (Å²) in [6, 6.07) is 11.7. The highest BCUT2D eigenvalue weighted by molar-refractivity contribution is 6.08. The van der Waals surface area contributed by atoms with Crippen molar-refractivity contribution in [2.45, 2.75) is 0 Å². The molecule has 0 heterocycles. The summed E-state index contributed by atoms with van der Waals surface area (Å²) in [5, 5.41) is 12.5. The number of nitrogens with one attached hydrogen (secondary N) is 1. The van der Waals surface area contributed by atoms with Crippen LogP contribution in [0.2, 0.25) is 0 Å². The third-order valence-electron chi connectivity index (χ3n) is 2.81. The number of amides is 1. The first-order valence-corrected chi connectivity index (χ1v) is 5.97. The van der Waals surface area contributed by atoms with E-state index in [1.807, 2.05) is 0 Å². The SMILES string of the molecule is COc1ccccc1NC(=O)c1c(O)cccc1OC. The number of carbonyl (C=O) groups excluding carboxylic acids is 1. The van der Waals surface area contributed by atoms with E-state index in [1.165, 1.54) is 20.3 Å². The van der Waals surface area contributed by atoms with Crippen LogP contribution >= 0.6 is 0 Å². The van der Waals surface area contributed by atoms with Gasteiger partial charge in [0.25, 0.3) is 5.91 Å². The van der Waals surface area contributed by atoms with Crippen molar-refractivity contribution in [1.82, 2.24) is 0 Å². The van der Waals surface area contributed by atoms with Crippen molar-refractivity contribution in [2.24, 2.45) is 0 Å². The Morgan fingerprint density at radius 2 is 1.65 bits per heavy atom. The third kappa shape index (κ3) is 2.66. The zero-order valence-corrected chi connectivity index (χ0v) is 11.2. The molecule has 0 saturated heterocycles. The Morgan fingerprint density at radius 1 is 1.00 bits per heavy atom. The highest BCUT2D eigenvalue weighted by atomic mass is 16.5. The second-order valence-corrected chi connectivity index (χ2v) is 4.01. The van der Waals surface area contributed by atoms with Gasteiger partial charge in [-0.1, -0.05) is 18.2 Å². The van der Waals surface area contributed by atoms with Gasteiger partial charge in [0.05, 0.1) is 19.9 Å². The molecule has 104 valence electrons. The van der Waals surface area contributed by atoms with E-state index in [9.17, 15) is 9.90 Å². The van der Waals surface area contributed by atoms with Crippen LogP contribution in [0.3, 0.4) is 0 Å². The van der Waals surface area contributed by atoms with E-state index >= 15 is 0 Å². The molecule has 0 radical (unpaired) electrons. The summed E-state index contributed by atoms with van der Waals surface area (Å²) >= 11 is 0. The normalized spacial score (nSPS) is 9.90. The van der Waals surface area contributed by atoms with Gasteiger partial charge in [0.15, 0.2) is 0 Å². The number of methoxy groups -OCH3 is 2. The van der Waals surface area contributed by atoms with Crippen molar-refractivity contribution < 1.29 is 19.4 Å². The van der Waals surface area contributed by atoms with E-state index in [2.05, 4.69) is 5.32 Å². The minimum atomic E-state index is -0.468. The van der Waals surface area contributed by atoms with Crippen LogP contribution in [-0.2, 0) is 0 Å². The molecule has 5 heteroatoms. The van der Waals surface area contributed by atoms with Gasteiger partial charge in [-0.15, -0.1) is 0 Å². The number of aromatic hydroxyl groups is 1. The van der Waals surface area contributed by atoms with Gasteiger partial charge in [0.2, 0.25) is 0 Å². The predicted molar refractivity (Wildman–Crippen MR) is 75.6 cm³/mol. The van der Waals surface area contributed by atoms with Gasteiger partial charge in [-0.3, -0.25) is 4.79 Å². The second-order valence-electron chi connectivity index (χ2n) is 4.01. The first-order chi connectivity index (χ1) is 9.67. The molecule has 2 N–H and O–H groups in total. The Balaban J connectivity index is 2.33. The smallest absolute Gasteiger partial charge is 0.263 e. The Labute approximate surface area is 116 Å². The lowest BCUT2D eigenvalue weighted by atomic mass is 10.1. The quantitative estimate of drug-likeness (QED) is 0.898. The van der Waals surface area contributed by atoms with Gasteiger partial charge in [-0.2, -0.15) is 0 Å². The number of phenolic OH excluding ortho intramolecular Hbond substituents is 1. The van der Waals surface area contributed by atoms with Crippen LogP contribution in [-0.4, -0.2) is 25.2 Å². The number of para-hydroxylation sites is 2. The van der Waals surface area contributed by atoms with Crippen molar-refractivity contribution in [1.29, 1.82) is 0 Å². The molecule has 0 aliphatic carbocycles. The van der Waals surface area contributed by atoms with Crippen LogP contribution in [0.5, 0.6) is 17.2 Å². The summed E-state index contributed by atoms with van der Waals surface area (Å²) in [7, 11) is 2.96. The number of anilines is 1. The summed E-state index contributed by atoms with van der Waals surface area (Å²) in [6.45, 7) is 0. The van der Waals surface area contributed by atoms with Crippen LogP contribution in [0.25, 0.3) is 0 Å². The van der Waals surface area contributed by atoms with E-state index < -0.39 is 5.91 Å². The van der Waals surface area contributed by atoms with E-state index in [0.29, 0.717) is 17.2 Å². The Morgan fingerprint density at radius 3 is 2.35 bits per heavy atom. The highest BCUT2D eigenvalue weighted by Crippen LogP contribution is 2.30. The average Bonchev–Trinajstić information content (AvgIpc) is 2.47. The van der Waals surface area contributed by atoms with Crippen LogP contribution in [0.15, 0.2) is 42.5 Å². The number of hydrogen-bond donors (Lipinski definition) is 2. The maximum absolute atomic E-state index is 12.3. The fraction of sp³-hybridized carbons (Fsp3) is 0.133. The molecule has 2 aromatic carbocycles. The predicted octanol–water partition coefficient (Wildman–Crippen LogP) is 2.66. The van der Waals surface area contributed by atoms with Crippen LogP contribution in [0.1, 0.15) is 10.4 Å². The van der Waals surface area contributed by atoms with Crippen molar-refractivity contribution in [3.05, 3.63) is 48.0 Å². The minimum absolute atomic E-state index is 0.0842. The lowest BCUT2D eigenvalue weighted by molar-refractivity contribution is 0.102. The van der Waals surface area contributed by atoms with E-state index in [4.69, 9.17) is 9.47 Å². The summed E-state index contributed by atoms with van der Waals surface area (Å²) < 4.78 is 10.2. The van der Waals surface area contributed by atoms with Crippen LogP contribution < -0.4 is 14.8 Å². The van der Waals surface area contributed by atoms with E-state index in [-0.39, 0.29) is 11.3 Å². The lowest BCUT2D eigenvalue weighted by Crippen LogP contribution is -2.14. The zero-order valence-electron chi connectivity index (χ0n) is 11.2. The van der Waals surface area contributed by atoms with Crippen LogP contribution in [0.4, 0.5) is 5.69 Å². The summed E-state index contributed by atoms with van der Waals surface area (Å²) in [5.74, 6) is 0.230. The molecule has 0 saturated carbocycles. The maximum atomic E-state index is 12.3. The first kappa shape index (κ1) is 13.7.